The number of allylic oxidation sites excluding steroid dienone is 1. The van der Waals surface area contributed by atoms with Gasteiger partial charge in [0.05, 0.1) is 11.6 Å². The van der Waals surface area contributed by atoms with Gasteiger partial charge in [0, 0.05) is 6.08 Å². The largest absolute Gasteiger partial charge is 0.478 e. The molecule has 0 unspecified atom stereocenters. The molecule has 1 aromatic rings. The summed E-state index contributed by atoms with van der Waals surface area (Å²) in [6, 6.07) is 7.56. The van der Waals surface area contributed by atoms with Crippen LogP contribution in [0.4, 0.5) is 0 Å². The van der Waals surface area contributed by atoms with Gasteiger partial charge < -0.3 is 5.11 Å². The summed E-state index contributed by atoms with van der Waals surface area (Å²) in [5.41, 5.74) is 3.47. The highest BCUT2D eigenvalue weighted by Gasteiger charge is 2.15. The number of hydrogen-bond donors (Lipinski definition) is 1. The van der Waals surface area contributed by atoms with Crippen LogP contribution in [0, 0.1) is 11.3 Å². The van der Waals surface area contributed by atoms with E-state index in [1.54, 1.807) is 12.1 Å². The second kappa shape index (κ2) is 4.19. The SMILES string of the molecule is N#Cc1ccc2c(c1)C(=CC(=O)O)CCC2. The molecular formula is C13H11NO2. The zero-order chi connectivity index (χ0) is 11.5. The average Bonchev–Trinajstić information content (AvgIpc) is 2.28. The van der Waals surface area contributed by atoms with E-state index in [2.05, 4.69) is 6.07 Å². The zero-order valence-corrected chi connectivity index (χ0v) is 8.73. The van der Waals surface area contributed by atoms with E-state index >= 15 is 0 Å². The van der Waals surface area contributed by atoms with Crippen LogP contribution in [0.25, 0.3) is 5.57 Å². The lowest BCUT2D eigenvalue weighted by Gasteiger charge is -2.18. The molecule has 0 saturated carbocycles. The van der Waals surface area contributed by atoms with Gasteiger partial charge in [-0.15, -0.1) is 0 Å². The summed E-state index contributed by atoms with van der Waals surface area (Å²) < 4.78 is 0. The Morgan fingerprint density at radius 1 is 1.44 bits per heavy atom. The van der Waals surface area contributed by atoms with Gasteiger partial charge >= 0.3 is 5.97 Å². The van der Waals surface area contributed by atoms with Crippen LogP contribution in [0.5, 0.6) is 0 Å². The van der Waals surface area contributed by atoms with Crippen molar-refractivity contribution in [2.75, 3.05) is 0 Å². The summed E-state index contributed by atoms with van der Waals surface area (Å²) in [6.07, 6.45) is 3.95. The monoisotopic (exact) mass is 213 g/mol. The van der Waals surface area contributed by atoms with E-state index in [0.717, 1.165) is 36.0 Å². The molecular weight excluding hydrogens is 202 g/mol. The number of carboxylic acid groups (broad SMARTS) is 1. The molecule has 0 bridgehead atoms. The van der Waals surface area contributed by atoms with Crippen LogP contribution in [0.2, 0.25) is 0 Å². The summed E-state index contributed by atoms with van der Waals surface area (Å²) in [6.45, 7) is 0. The third kappa shape index (κ3) is 1.96. The van der Waals surface area contributed by atoms with E-state index in [9.17, 15) is 4.79 Å². The fourth-order valence-electron chi connectivity index (χ4n) is 2.07. The molecule has 1 N–H and O–H groups in total. The molecule has 2 rings (SSSR count). The van der Waals surface area contributed by atoms with Crippen molar-refractivity contribution in [2.45, 2.75) is 19.3 Å². The van der Waals surface area contributed by atoms with Crippen LogP contribution in [0.1, 0.15) is 29.5 Å². The van der Waals surface area contributed by atoms with Gasteiger partial charge in [0.1, 0.15) is 0 Å². The van der Waals surface area contributed by atoms with E-state index in [4.69, 9.17) is 10.4 Å². The molecule has 3 nitrogen and oxygen atoms in total. The highest BCUT2D eigenvalue weighted by atomic mass is 16.4. The maximum atomic E-state index is 10.7. The first-order valence-electron chi connectivity index (χ1n) is 5.17. The third-order valence-electron chi connectivity index (χ3n) is 2.77. The summed E-state index contributed by atoms with van der Waals surface area (Å²) in [5, 5.41) is 17.6. The van der Waals surface area contributed by atoms with Crippen LogP contribution in [-0.2, 0) is 11.2 Å². The minimum Gasteiger partial charge on any atom is -0.478 e. The first-order chi connectivity index (χ1) is 7.70. The molecule has 0 aliphatic heterocycles. The van der Waals surface area contributed by atoms with Crippen molar-refractivity contribution in [3.63, 3.8) is 0 Å². The van der Waals surface area contributed by atoms with Gasteiger partial charge in [-0.3, -0.25) is 0 Å². The molecule has 0 amide bonds. The molecule has 0 heterocycles. The van der Waals surface area contributed by atoms with Crippen LogP contribution in [-0.4, -0.2) is 11.1 Å². The Kier molecular flexibility index (Phi) is 2.74. The van der Waals surface area contributed by atoms with Gasteiger partial charge in [-0.2, -0.15) is 5.26 Å². The van der Waals surface area contributed by atoms with Gasteiger partial charge in [-0.05, 0) is 48.1 Å². The Balaban J connectivity index is 2.52. The molecule has 0 atom stereocenters. The highest BCUT2D eigenvalue weighted by Crippen LogP contribution is 2.31. The van der Waals surface area contributed by atoms with Gasteiger partial charge in [0.25, 0.3) is 0 Å². The van der Waals surface area contributed by atoms with Crippen molar-refractivity contribution in [3.05, 3.63) is 41.0 Å². The Hall–Kier alpha value is -2.08. The smallest absolute Gasteiger partial charge is 0.328 e. The number of carboxylic acids is 1. The van der Waals surface area contributed by atoms with Crippen molar-refractivity contribution in [3.8, 4) is 6.07 Å². The zero-order valence-electron chi connectivity index (χ0n) is 8.73. The standard InChI is InChI=1S/C13H11NO2/c14-8-9-4-5-10-2-1-3-11(7-13(15)16)12(10)6-9/h4-7H,1-3H2,(H,15,16). The minimum atomic E-state index is -0.926. The fraction of sp³-hybridized carbons (Fsp3) is 0.231. The number of fused-ring (bicyclic) bond motifs is 1. The number of rotatable bonds is 1. The number of aryl methyl sites for hydroxylation is 1. The van der Waals surface area contributed by atoms with E-state index in [1.165, 1.54) is 6.08 Å². The Morgan fingerprint density at radius 3 is 2.94 bits per heavy atom. The highest BCUT2D eigenvalue weighted by molar-refractivity contribution is 5.91. The molecule has 16 heavy (non-hydrogen) atoms. The summed E-state index contributed by atoms with van der Waals surface area (Å²) in [7, 11) is 0. The van der Waals surface area contributed by atoms with E-state index < -0.39 is 5.97 Å². The number of benzene rings is 1. The Labute approximate surface area is 93.6 Å². The first-order valence-corrected chi connectivity index (χ1v) is 5.17. The van der Waals surface area contributed by atoms with Gasteiger partial charge in [-0.25, -0.2) is 4.79 Å². The average molecular weight is 213 g/mol. The van der Waals surface area contributed by atoms with Crippen molar-refractivity contribution in [1.82, 2.24) is 0 Å². The van der Waals surface area contributed by atoms with Crippen molar-refractivity contribution >= 4 is 11.5 Å². The molecule has 0 fully saturated rings. The quantitative estimate of drug-likeness (QED) is 0.728. The molecule has 80 valence electrons. The number of nitrogens with zero attached hydrogens (tertiary/aromatic N) is 1. The summed E-state index contributed by atoms with van der Waals surface area (Å²) in [4.78, 5) is 10.7. The van der Waals surface area contributed by atoms with Crippen LogP contribution < -0.4 is 0 Å². The van der Waals surface area contributed by atoms with Crippen molar-refractivity contribution < 1.29 is 9.90 Å². The Morgan fingerprint density at radius 2 is 2.25 bits per heavy atom. The van der Waals surface area contributed by atoms with E-state index in [-0.39, 0.29) is 0 Å². The summed E-state index contributed by atoms with van der Waals surface area (Å²) >= 11 is 0. The normalized spacial score (nSPS) is 16.6. The summed E-state index contributed by atoms with van der Waals surface area (Å²) in [5.74, 6) is -0.926. The van der Waals surface area contributed by atoms with Crippen molar-refractivity contribution in [1.29, 1.82) is 5.26 Å². The minimum absolute atomic E-state index is 0.580. The second-order valence-corrected chi connectivity index (χ2v) is 3.85. The predicted molar refractivity (Wildman–Crippen MR) is 59.7 cm³/mol. The lowest BCUT2D eigenvalue weighted by Crippen LogP contribution is -2.04. The molecule has 0 saturated heterocycles. The first kappa shape index (κ1) is 10.4. The van der Waals surface area contributed by atoms with Crippen LogP contribution in [0.3, 0.4) is 0 Å². The molecule has 1 aliphatic rings. The fourth-order valence-corrected chi connectivity index (χ4v) is 2.07. The predicted octanol–water partition coefficient (Wildman–Crippen LogP) is 2.36. The molecule has 0 aromatic heterocycles. The van der Waals surface area contributed by atoms with Gasteiger partial charge in [-0.1, -0.05) is 6.07 Å². The van der Waals surface area contributed by atoms with Crippen molar-refractivity contribution in [2.24, 2.45) is 0 Å². The van der Waals surface area contributed by atoms with E-state index in [1.807, 2.05) is 6.07 Å². The van der Waals surface area contributed by atoms with Crippen LogP contribution in [0.15, 0.2) is 24.3 Å². The molecule has 0 radical (unpaired) electrons. The lowest BCUT2D eigenvalue weighted by molar-refractivity contribution is -0.131. The maximum absolute atomic E-state index is 10.7. The second-order valence-electron chi connectivity index (χ2n) is 3.85. The lowest BCUT2D eigenvalue weighted by atomic mass is 9.86. The topological polar surface area (TPSA) is 61.1 Å². The molecule has 0 spiro atoms. The molecule has 3 heteroatoms. The van der Waals surface area contributed by atoms with Gasteiger partial charge in [0.15, 0.2) is 0 Å². The molecule has 1 aliphatic carbocycles. The number of nitriles is 1. The number of aliphatic carboxylic acids is 1. The maximum Gasteiger partial charge on any atom is 0.328 e. The third-order valence-corrected chi connectivity index (χ3v) is 2.77. The Bertz CT molecular complexity index is 509. The number of carbonyl (C=O) groups is 1. The van der Waals surface area contributed by atoms with Gasteiger partial charge in [0.2, 0.25) is 0 Å². The molecule has 1 aromatic carbocycles. The van der Waals surface area contributed by atoms with E-state index in [0.29, 0.717) is 5.56 Å². The number of hydrogen-bond acceptors (Lipinski definition) is 2. The van der Waals surface area contributed by atoms with Crippen LogP contribution >= 0.6 is 0 Å².